The monoisotopic (exact) mass is 267 g/mol. The minimum Gasteiger partial charge on any atom is -0.350 e. The summed E-state index contributed by atoms with van der Waals surface area (Å²) in [6.45, 7) is 4.62. The molecule has 19 heavy (non-hydrogen) atoms. The predicted octanol–water partition coefficient (Wildman–Crippen LogP) is 0.646. The Kier molecular flexibility index (Phi) is 5.19. The fraction of sp³-hybridized carbons (Fsp3) is 0.857. The minimum atomic E-state index is -0.235. The summed E-state index contributed by atoms with van der Waals surface area (Å²) in [7, 11) is 0. The number of nitrogens with one attached hydrogen (secondary N) is 2. The highest BCUT2D eigenvalue weighted by molar-refractivity contribution is 5.88. The molecule has 0 spiro atoms. The molecule has 5 nitrogen and oxygen atoms in total. The van der Waals surface area contributed by atoms with Crippen molar-refractivity contribution in [3.05, 3.63) is 0 Å². The van der Waals surface area contributed by atoms with E-state index >= 15 is 0 Å². The Balaban J connectivity index is 1.87. The molecule has 1 unspecified atom stereocenters. The van der Waals surface area contributed by atoms with Crippen LogP contribution in [0.25, 0.3) is 0 Å². The smallest absolute Gasteiger partial charge is 0.243 e. The molecule has 2 amide bonds. The maximum atomic E-state index is 12.3. The van der Waals surface area contributed by atoms with Gasteiger partial charge in [-0.15, -0.1) is 0 Å². The topological polar surface area (TPSA) is 61.4 Å². The van der Waals surface area contributed by atoms with Crippen LogP contribution in [0.1, 0.15) is 45.4 Å². The summed E-state index contributed by atoms with van der Waals surface area (Å²) in [5.74, 6) is 0.164. The van der Waals surface area contributed by atoms with Crippen LogP contribution in [0.5, 0.6) is 0 Å². The van der Waals surface area contributed by atoms with E-state index in [0.29, 0.717) is 6.42 Å². The number of nitrogens with zero attached hydrogens (tertiary/aromatic N) is 1. The van der Waals surface area contributed by atoms with Gasteiger partial charge >= 0.3 is 0 Å². The van der Waals surface area contributed by atoms with Gasteiger partial charge in [-0.1, -0.05) is 6.92 Å². The van der Waals surface area contributed by atoms with Gasteiger partial charge in [0.2, 0.25) is 11.8 Å². The molecule has 0 aromatic rings. The van der Waals surface area contributed by atoms with Gasteiger partial charge in [-0.05, 0) is 38.6 Å². The van der Waals surface area contributed by atoms with Crippen LogP contribution < -0.4 is 10.6 Å². The van der Waals surface area contributed by atoms with E-state index in [2.05, 4.69) is 10.6 Å². The Morgan fingerprint density at radius 1 is 1.32 bits per heavy atom. The predicted molar refractivity (Wildman–Crippen MR) is 73.7 cm³/mol. The van der Waals surface area contributed by atoms with Gasteiger partial charge in [0, 0.05) is 25.6 Å². The summed E-state index contributed by atoms with van der Waals surface area (Å²) in [5, 5.41) is 6.38. The van der Waals surface area contributed by atoms with Crippen LogP contribution in [-0.4, -0.2) is 48.4 Å². The largest absolute Gasteiger partial charge is 0.350 e. The lowest BCUT2D eigenvalue weighted by Gasteiger charge is -2.28. The first kappa shape index (κ1) is 14.3. The molecule has 2 aliphatic heterocycles. The Labute approximate surface area is 115 Å². The van der Waals surface area contributed by atoms with Gasteiger partial charge in [0.1, 0.15) is 6.04 Å². The number of piperidine rings is 1. The maximum absolute atomic E-state index is 12.3. The van der Waals surface area contributed by atoms with Crippen molar-refractivity contribution in [1.82, 2.24) is 15.5 Å². The molecule has 2 atom stereocenters. The second-order valence-corrected chi connectivity index (χ2v) is 5.55. The SMILES string of the molecule is CCCC(=O)N1CCCC1C(=O)N[C@H]1CCCNC1. The number of carbonyl (C=O) groups is 2. The zero-order valence-corrected chi connectivity index (χ0v) is 11.8. The third-order valence-corrected chi connectivity index (χ3v) is 3.98. The van der Waals surface area contributed by atoms with Crippen molar-refractivity contribution in [1.29, 1.82) is 0 Å². The lowest BCUT2D eigenvalue weighted by atomic mass is 10.1. The lowest BCUT2D eigenvalue weighted by molar-refractivity contribution is -0.138. The van der Waals surface area contributed by atoms with Gasteiger partial charge in [0.15, 0.2) is 0 Å². The van der Waals surface area contributed by atoms with E-state index in [0.717, 1.165) is 51.7 Å². The van der Waals surface area contributed by atoms with E-state index in [1.807, 2.05) is 6.92 Å². The molecule has 0 aromatic carbocycles. The normalized spacial score (nSPS) is 27.3. The number of amides is 2. The highest BCUT2D eigenvalue weighted by Crippen LogP contribution is 2.19. The Hall–Kier alpha value is -1.10. The van der Waals surface area contributed by atoms with Gasteiger partial charge in [-0.2, -0.15) is 0 Å². The molecule has 0 aliphatic carbocycles. The van der Waals surface area contributed by atoms with E-state index in [9.17, 15) is 9.59 Å². The zero-order chi connectivity index (χ0) is 13.7. The zero-order valence-electron chi connectivity index (χ0n) is 11.8. The van der Waals surface area contributed by atoms with Gasteiger partial charge < -0.3 is 15.5 Å². The molecule has 2 N–H and O–H groups in total. The summed E-state index contributed by atoms with van der Waals surface area (Å²) < 4.78 is 0. The molecule has 2 fully saturated rings. The first-order chi connectivity index (χ1) is 9.22. The van der Waals surface area contributed by atoms with Crippen LogP contribution in [0.15, 0.2) is 0 Å². The number of carbonyl (C=O) groups excluding carboxylic acids is 2. The van der Waals surface area contributed by atoms with E-state index in [-0.39, 0.29) is 23.9 Å². The number of hydrogen-bond donors (Lipinski definition) is 2. The number of hydrogen-bond acceptors (Lipinski definition) is 3. The molecular weight excluding hydrogens is 242 g/mol. The van der Waals surface area contributed by atoms with E-state index in [1.165, 1.54) is 0 Å². The van der Waals surface area contributed by atoms with Crippen molar-refractivity contribution in [2.24, 2.45) is 0 Å². The van der Waals surface area contributed by atoms with E-state index < -0.39 is 0 Å². The van der Waals surface area contributed by atoms with Gasteiger partial charge in [-0.25, -0.2) is 0 Å². The van der Waals surface area contributed by atoms with Crippen molar-refractivity contribution >= 4 is 11.8 Å². The first-order valence-corrected chi connectivity index (χ1v) is 7.53. The summed E-state index contributed by atoms with van der Waals surface area (Å²) >= 11 is 0. The highest BCUT2D eigenvalue weighted by Gasteiger charge is 2.34. The van der Waals surface area contributed by atoms with Crippen molar-refractivity contribution in [2.75, 3.05) is 19.6 Å². The van der Waals surface area contributed by atoms with Gasteiger partial charge in [0.05, 0.1) is 0 Å². The number of rotatable bonds is 4. The van der Waals surface area contributed by atoms with Crippen LogP contribution in [0, 0.1) is 0 Å². The molecule has 0 radical (unpaired) electrons. The van der Waals surface area contributed by atoms with Crippen molar-refractivity contribution in [3.8, 4) is 0 Å². The molecule has 0 aromatic heterocycles. The third kappa shape index (κ3) is 3.69. The molecule has 0 saturated carbocycles. The summed E-state index contributed by atoms with van der Waals surface area (Å²) in [6, 6.07) is -0.00838. The van der Waals surface area contributed by atoms with E-state index in [1.54, 1.807) is 4.90 Å². The number of likely N-dealkylation sites (tertiary alicyclic amines) is 1. The average Bonchev–Trinajstić information content (AvgIpc) is 2.89. The molecule has 108 valence electrons. The summed E-state index contributed by atoms with van der Waals surface area (Å²) in [5.41, 5.74) is 0. The third-order valence-electron chi connectivity index (χ3n) is 3.98. The summed E-state index contributed by atoms with van der Waals surface area (Å²) in [6.07, 6.45) is 5.28. The quantitative estimate of drug-likeness (QED) is 0.786. The maximum Gasteiger partial charge on any atom is 0.243 e. The standard InChI is InChI=1S/C14H25N3O2/c1-2-5-13(18)17-9-4-7-12(17)14(19)16-11-6-3-8-15-10-11/h11-12,15H,2-10H2,1H3,(H,16,19)/t11-,12?/m0/s1. The fourth-order valence-electron chi connectivity index (χ4n) is 2.97. The second-order valence-electron chi connectivity index (χ2n) is 5.55. The molecule has 5 heteroatoms. The minimum absolute atomic E-state index is 0.0376. The van der Waals surface area contributed by atoms with Crippen LogP contribution >= 0.6 is 0 Å². The van der Waals surface area contributed by atoms with Crippen molar-refractivity contribution in [3.63, 3.8) is 0 Å². The molecule has 0 bridgehead atoms. The van der Waals surface area contributed by atoms with Crippen molar-refractivity contribution in [2.45, 2.75) is 57.5 Å². The van der Waals surface area contributed by atoms with Crippen LogP contribution in [0.2, 0.25) is 0 Å². The van der Waals surface area contributed by atoms with Crippen LogP contribution in [0.4, 0.5) is 0 Å². The molecule has 2 aliphatic rings. The lowest BCUT2D eigenvalue weighted by Crippen LogP contribution is -2.52. The Morgan fingerprint density at radius 2 is 2.16 bits per heavy atom. The van der Waals surface area contributed by atoms with Gasteiger partial charge in [0.25, 0.3) is 0 Å². The Bertz CT molecular complexity index is 327. The second kappa shape index (κ2) is 6.89. The highest BCUT2D eigenvalue weighted by atomic mass is 16.2. The Morgan fingerprint density at radius 3 is 2.84 bits per heavy atom. The average molecular weight is 267 g/mol. The van der Waals surface area contributed by atoms with Crippen LogP contribution in [-0.2, 0) is 9.59 Å². The molecule has 2 rings (SSSR count). The van der Waals surface area contributed by atoms with E-state index in [4.69, 9.17) is 0 Å². The molecular formula is C14H25N3O2. The first-order valence-electron chi connectivity index (χ1n) is 7.53. The summed E-state index contributed by atoms with van der Waals surface area (Å²) in [4.78, 5) is 26.1. The molecule has 2 heterocycles. The van der Waals surface area contributed by atoms with Crippen LogP contribution in [0.3, 0.4) is 0 Å². The fourth-order valence-corrected chi connectivity index (χ4v) is 2.97. The molecule has 2 saturated heterocycles. The van der Waals surface area contributed by atoms with Crippen molar-refractivity contribution < 1.29 is 9.59 Å². The van der Waals surface area contributed by atoms with Gasteiger partial charge in [-0.3, -0.25) is 9.59 Å².